The van der Waals surface area contributed by atoms with Gasteiger partial charge in [-0.15, -0.1) is 0 Å². The number of halogens is 2. The molecule has 0 atom stereocenters. The fourth-order valence-corrected chi connectivity index (χ4v) is 2.25. The van der Waals surface area contributed by atoms with E-state index in [1.54, 1.807) is 24.3 Å². The molecule has 0 spiro atoms. The summed E-state index contributed by atoms with van der Waals surface area (Å²) in [5.41, 5.74) is 0.529. The van der Waals surface area contributed by atoms with Crippen LogP contribution in [0.3, 0.4) is 0 Å². The Morgan fingerprint density at radius 3 is 2.50 bits per heavy atom. The molecule has 3 aromatic rings. The Morgan fingerprint density at radius 1 is 1.23 bits per heavy atom. The number of non-ortho nitro benzene ring substituents is 1. The number of aromatic nitrogens is 1. The molecular formula is C14H6Cl2N2O4. The van der Waals surface area contributed by atoms with Crippen LogP contribution in [-0.4, -0.2) is 15.1 Å². The smallest absolute Gasteiger partial charge is 0.272 e. The lowest BCUT2D eigenvalue weighted by molar-refractivity contribution is -0.384. The molecule has 6 nitrogen and oxygen atoms in total. The third-order valence-electron chi connectivity index (χ3n) is 2.99. The van der Waals surface area contributed by atoms with Crippen LogP contribution in [0.2, 0.25) is 5.02 Å². The number of benzene rings is 2. The van der Waals surface area contributed by atoms with Gasteiger partial charge in [-0.1, -0.05) is 11.6 Å². The van der Waals surface area contributed by atoms with Crippen LogP contribution in [0, 0.1) is 10.1 Å². The first-order chi connectivity index (χ1) is 10.5. The standard InChI is InChI=1S/C14H6Cl2N2O4/c15-8-3-1-7(2-4-8)14-17-11-6-9(18(20)21)5-10(13(16)19)12(11)22-14/h1-6H. The number of nitro benzene ring substituents is 1. The molecule has 0 bridgehead atoms. The van der Waals surface area contributed by atoms with Gasteiger partial charge in [-0.2, -0.15) is 0 Å². The molecule has 8 heteroatoms. The van der Waals surface area contributed by atoms with Crippen molar-refractivity contribution in [2.45, 2.75) is 0 Å². The van der Waals surface area contributed by atoms with Crippen molar-refractivity contribution in [3.8, 4) is 11.5 Å². The highest BCUT2D eigenvalue weighted by Gasteiger charge is 2.21. The first-order valence-corrected chi connectivity index (χ1v) is 6.76. The SMILES string of the molecule is O=C(Cl)c1cc([N+](=O)[O-])cc2nc(-c3ccc(Cl)cc3)oc12. The molecule has 0 fully saturated rings. The molecule has 22 heavy (non-hydrogen) atoms. The van der Waals surface area contributed by atoms with Gasteiger partial charge in [0.25, 0.3) is 10.9 Å². The van der Waals surface area contributed by atoms with Gasteiger partial charge in [0.15, 0.2) is 5.58 Å². The number of hydrogen-bond acceptors (Lipinski definition) is 5. The van der Waals surface area contributed by atoms with E-state index in [-0.39, 0.29) is 28.2 Å². The zero-order valence-electron chi connectivity index (χ0n) is 10.7. The zero-order valence-corrected chi connectivity index (χ0v) is 12.3. The third kappa shape index (κ3) is 2.54. The van der Waals surface area contributed by atoms with Crippen LogP contribution in [0.1, 0.15) is 10.4 Å². The Balaban J connectivity index is 2.24. The summed E-state index contributed by atoms with van der Waals surface area (Å²) in [4.78, 5) is 25.9. The molecule has 1 aromatic heterocycles. The molecule has 0 radical (unpaired) electrons. The van der Waals surface area contributed by atoms with E-state index in [9.17, 15) is 14.9 Å². The Kier molecular flexibility index (Phi) is 3.56. The lowest BCUT2D eigenvalue weighted by Crippen LogP contribution is -1.94. The van der Waals surface area contributed by atoms with Gasteiger partial charge in [-0.05, 0) is 35.9 Å². The second-order valence-corrected chi connectivity index (χ2v) is 5.18. The third-order valence-corrected chi connectivity index (χ3v) is 3.44. The zero-order chi connectivity index (χ0) is 15.9. The summed E-state index contributed by atoms with van der Waals surface area (Å²) in [6, 6.07) is 8.97. The van der Waals surface area contributed by atoms with E-state index in [2.05, 4.69) is 4.98 Å². The molecule has 2 aromatic carbocycles. The summed E-state index contributed by atoms with van der Waals surface area (Å²) >= 11 is 11.3. The fraction of sp³-hybridized carbons (Fsp3) is 0. The molecule has 0 amide bonds. The Morgan fingerprint density at radius 2 is 1.91 bits per heavy atom. The van der Waals surface area contributed by atoms with Crippen molar-refractivity contribution in [3.05, 3.63) is 57.1 Å². The Hall–Kier alpha value is -2.44. The van der Waals surface area contributed by atoms with Crippen LogP contribution in [-0.2, 0) is 0 Å². The van der Waals surface area contributed by atoms with Crippen LogP contribution in [0.4, 0.5) is 5.69 Å². The van der Waals surface area contributed by atoms with Crippen LogP contribution >= 0.6 is 23.2 Å². The summed E-state index contributed by atoms with van der Waals surface area (Å²) in [6.07, 6.45) is 0. The van der Waals surface area contributed by atoms with Gasteiger partial charge in [0.05, 0.1) is 10.5 Å². The van der Waals surface area contributed by atoms with E-state index >= 15 is 0 Å². The number of carbonyl (C=O) groups is 1. The number of nitro groups is 1. The second-order valence-electron chi connectivity index (χ2n) is 4.40. The van der Waals surface area contributed by atoms with E-state index in [1.807, 2.05) is 0 Å². The number of hydrogen-bond donors (Lipinski definition) is 0. The molecule has 0 saturated carbocycles. The van der Waals surface area contributed by atoms with Crippen molar-refractivity contribution < 1.29 is 14.1 Å². The Labute approximate surface area is 133 Å². The molecule has 1 heterocycles. The van der Waals surface area contributed by atoms with E-state index in [0.717, 1.165) is 6.07 Å². The average Bonchev–Trinajstić information content (AvgIpc) is 2.90. The van der Waals surface area contributed by atoms with Crippen molar-refractivity contribution in [1.82, 2.24) is 4.98 Å². The highest BCUT2D eigenvalue weighted by molar-refractivity contribution is 6.68. The van der Waals surface area contributed by atoms with Crippen LogP contribution in [0.25, 0.3) is 22.6 Å². The first-order valence-electron chi connectivity index (χ1n) is 6.00. The van der Waals surface area contributed by atoms with Gasteiger partial charge >= 0.3 is 0 Å². The molecule has 3 rings (SSSR count). The highest BCUT2D eigenvalue weighted by Crippen LogP contribution is 2.31. The fourth-order valence-electron chi connectivity index (χ4n) is 1.99. The van der Waals surface area contributed by atoms with E-state index in [1.165, 1.54) is 6.07 Å². The van der Waals surface area contributed by atoms with Crippen LogP contribution in [0.5, 0.6) is 0 Å². The number of nitrogens with zero attached hydrogens (tertiary/aromatic N) is 2. The minimum absolute atomic E-state index is 0.0985. The van der Waals surface area contributed by atoms with Crippen LogP contribution < -0.4 is 0 Å². The maximum atomic E-state index is 11.5. The summed E-state index contributed by atoms with van der Waals surface area (Å²) in [7, 11) is 0. The lowest BCUT2D eigenvalue weighted by atomic mass is 10.2. The summed E-state index contributed by atoms with van der Waals surface area (Å²) in [6.45, 7) is 0. The van der Waals surface area contributed by atoms with Crippen molar-refractivity contribution >= 4 is 45.2 Å². The molecule has 0 aliphatic carbocycles. The second kappa shape index (κ2) is 5.40. The van der Waals surface area contributed by atoms with Crippen molar-refractivity contribution in [2.24, 2.45) is 0 Å². The predicted octanol–water partition coefficient (Wildman–Crippen LogP) is 4.44. The summed E-state index contributed by atoms with van der Waals surface area (Å²) in [5.74, 6) is 0.214. The Bertz CT molecular complexity index is 903. The van der Waals surface area contributed by atoms with Crippen molar-refractivity contribution in [1.29, 1.82) is 0 Å². The summed E-state index contributed by atoms with van der Waals surface area (Å²) < 4.78 is 5.54. The number of carbonyl (C=O) groups excluding carboxylic acids is 1. The molecular weight excluding hydrogens is 331 g/mol. The first kappa shape index (κ1) is 14.5. The van der Waals surface area contributed by atoms with E-state index in [0.29, 0.717) is 10.6 Å². The lowest BCUT2D eigenvalue weighted by Gasteiger charge is -1.96. The molecule has 110 valence electrons. The van der Waals surface area contributed by atoms with Gasteiger partial charge in [-0.3, -0.25) is 14.9 Å². The summed E-state index contributed by atoms with van der Waals surface area (Å²) in [5, 5.41) is 10.6. The molecule has 0 aliphatic rings. The number of oxazole rings is 1. The van der Waals surface area contributed by atoms with Crippen molar-refractivity contribution in [2.75, 3.05) is 0 Å². The quantitative estimate of drug-likeness (QED) is 0.401. The van der Waals surface area contributed by atoms with Gasteiger partial charge < -0.3 is 4.42 Å². The maximum absolute atomic E-state index is 11.5. The van der Waals surface area contributed by atoms with Gasteiger partial charge in [0.2, 0.25) is 5.89 Å². The van der Waals surface area contributed by atoms with Crippen LogP contribution in [0.15, 0.2) is 40.8 Å². The van der Waals surface area contributed by atoms with Gasteiger partial charge in [0, 0.05) is 22.7 Å². The molecule has 0 N–H and O–H groups in total. The average molecular weight is 337 g/mol. The number of rotatable bonds is 3. The monoisotopic (exact) mass is 336 g/mol. The largest absolute Gasteiger partial charge is 0.435 e. The maximum Gasteiger partial charge on any atom is 0.272 e. The van der Waals surface area contributed by atoms with Crippen molar-refractivity contribution in [3.63, 3.8) is 0 Å². The highest BCUT2D eigenvalue weighted by atomic mass is 35.5. The minimum Gasteiger partial charge on any atom is -0.435 e. The topological polar surface area (TPSA) is 86.2 Å². The minimum atomic E-state index is -0.854. The predicted molar refractivity (Wildman–Crippen MR) is 81.3 cm³/mol. The van der Waals surface area contributed by atoms with E-state index < -0.39 is 10.2 Å². The normalized spacial score (nSPS) is 10.8. The van der Waals surface area contributed by atoms with Gasteiger partial charge in [0.1, 0.15) is 5.52 Å². The molecule has 0 aliphatic heterocycles. The molecule has 0 unspecified atom stereocenters. The van der Waals surface area contributed by atoms with E-state index in [4.69, 9.17) is 27.6 Å². The van der Waals surface area contributed by atoms with Gasteiger partial charge in [-0.25, -0.2) is 4.98 Å². The number of fused-ring (bicyclic) bond motifs is 1. The molecule has 0 saturated heterocycles.